The van der Waals surface area contributed by atoms with Gasteiger partial charge < -0.3 is 0 Å². The molecule has 6 atom stereocenters. The Morgan fingerprint density at radius 2 is 1.56 bits per heavy atom. The zero-order chi connectivity index (χ0) is 23.7. The van der Waals surface area contributed by atoms with Crippen LogP contribution < -0.4 is 4.90 Å². The summed E-state index contributed by atoms with van der Waals surface area (Å²) in [5.41, 5.74) is 2.09. The highest BCUT2D eigenvalue weighted by Gasteiger charge is 2.67. The predicted octanol–water partition coefficient (Wildman–Crippen LogP) is 5.21. The van der Waals surface area contributed by atoms with Gasteiger partial charge in [-0.05, 0) is 72.4 Å². The molecule has 0 aromatic heterocycles. The normalized spacial score (nSPS) is 30.4. The number of carbonyl (C=O) groups is 3. The molecule has 5 aliphatic rings. The van der Waals surface area contributed by atoms with Crippen molar-refractivity contribution in [2.45, 2.75) is 19.8 Å². The van der Waals surface area contributed by atoms with Crippen molar-refractivity contribution < 1.29 is 14.4 Å². The third kappa shape index (κ3) is 3.24. The van der Waals surface area contributed by atoms with Crippen LogP contribution in [0.5, 0.6) is 0 Å². The minimum Gasteiger partial charge on any atom is -0.290 e. The summed E-state index contributed by atoms with van der Waals surface area (Å²) in [6, 6.07) is 12.3. The molecule has 1 heterocycles. The van der Waals surface area contributed by atoms with Gasteiger partial charge in [-0.3, -0.25) is 24.2 Å². The summed E-state index contributed by atoms with van der Waals surface area (Å²) in [6.45, 7) is 1.94. The quantitative estimate of drug-likeness (QED) is 0.423. The van der Waals surface area contributed by atoms with E-state index in [0.717, 1.165) is 18.4 Å². The van der Waals surface area contributed by atoms with Crippen LogP contribution in [0.25, 0.3) is 0 Å². The van der Waals surface area contributed by atoms with E-state index in [9.17, 15) is 14.4 Å². The molecule has 7 rings (SSSR count). The van der Waals surface area contributed by atoms with Gasteiger partial charge in [-0.2, -0.15) is 0 Å². The molecule has 2 aromatic carbocycles. The topological polar surface area (TPSA) is 57.7 Å². The van der Waals surface area contributed by atoms with Crippen LogP contribution in [-0.2, 0) is 16.0 Å². The van der Waals surface area contributed by atoms with Crippen LogP contribution in [0, 0.1) is 35.5 Å². The maximum Gasteiger partial charge on any atom is 0.259 e. The molecule has 7 heteroatoms. The number of amides is 3. The standard InChI is InChI=1S/C27H24Cl2N2O3/c1-2-14-3-6-16(7-4-14)30(25(32)15-5-10-21(28)22(29)11-15)13-31-26(33)23-17-8-9-18(20-12-19(17)20)24(23)27(31)34/h3-11,17-20,23-24H,2,12-13H2,1H3/t17-,18-,19-,20+,23+,24+/m1/s1. The molecule has 0 spiro atoms. The first kappa shape index (κ1) is 21.9. The number of hydrogen-bond donors (Lipinski definition) is 0. The molecular weight excluding hydrogens is 471 g/mol. The molecule has 0 unspecified atom stereocenters. The van der Waals surface area contributed by atoms with E-state index < -0.39 is 0 Å². The molecule has 174 valence electrons. The Balaban J connectivity index is 1.34. The van der Waals surface area contributed by atoms with E-state index in [-0.39, 0.29) is 53.1 Å². The van der Waals surface area contributed by atoms with E-state index in [1.54, 1.807) is 12.1 Å². The molecule has 2 saturated carbocycles. The minimum atomic E-state index is -0.345. The van der Waals surface area contributed by atoms with Crippen molar-refractivity contribution in [3.05, 3.63) is 75.8 Å². The maximum atomic E-state index is 13.6. The zero-order valence-electron chi connectivity index (χ0n) is 18.7. The predicted molar refractivity (Wildman–Crippen MR) is 131 cm³/mol. The Bertz CT molecular complexity index is 1200. The number of nitrogens with zero attached hydrogens (tertiary/aromatic N) is 2. The molecule has 5 nitrogen and oxygen atoms in total. The monoisotopic (exact) mass is 494 g/mol. The number of benzene rings is 2. The highest BCUT2D eigenvalue weighted by Crippen LogP contribution is 2.65. The van der Waals surface area contributed by atoms with Crippen LogP contribution in [0.15, 0.2) is 54.6 Å². The highest BCUT2D eigenvalue weighted by molar-refractivity contribution is 6.42. The summed E-state index contributed by atoms with van der Waals surface area (Å²) < 4.78 is 0. The van der Waals surface area contributed by atoms with Gasteiger partial charge in [0.15, 0.2) is 0 Å². The highest BCUT2D eigenvalue weighted by atomic mass is 35.5. The van der Waals surface area contributed by atoms with E-state index in [2.05, 4.69) is 19.1 Å². The van der Waals surface area contributed by atoms with Gasteiger partial charge >= 0.3 is 0 Å². The minimum absolute atomic E-state index is 0.121. The lowest BCUT2D eigenvalue weighted by Gasteiger charge is -2.37. The SMILES string of the molecule is CCc1ccc(N(CN2C(=O)[C@H]3[C@@H]4C=C[C@H]([C@@H]5C[C@H]45)[C@@H]3C2=O)C(=O)c2ccc(Cl)c(Cl)c2)cc1. The third-order valence-electron chi connectivity index (χ3n) is 8.10. The fourth-order valence-electron chi connectivity index (χ4n) is 6.26. The summed E-state index contributed by atoms with van der Waals surface area (Å²) in [5.74, 6) is 0.100. The van der Waals surface area contributed by atoms with Crippen molar-refractivity contribution in [2.75, 3.05) is 11.6 Å². The molecule has 3 amide bonds. The van der Waals surface area contributed by atoms with Crippen LogP contribution in [0.2, 0.25) is 10.0 Å². The van der Waals surface area contributed by atoms with Gasteiger partial charge in [0.2, 0.25) is 11.8 Å². The Morgan fingerprint density at radius 3 is 2.12 bits per heavy atom. The Kier molecular flexibility index (Phi) is 5.12. The Morgan fingerprint density at radius 1 is 0.941 bits per heavy atom. The van der Waals surface area contributed by atoms with E-state index in [0.29, 0.717) is 28.1 Å². The molecule has 0 radical (unpaired) electrons. The number of halogens is 2. The van der Waals surface area contributed by atoms with Crippen molar-refractivity contribution in [3.63, 3.8) is 0 Å². The Hall–Kier alpha value is -2.63. The number of anilines is 1. The van der Waals surface area contributed by atoms with Crippen molar-refractivity contribution in [2.24, 2.45) is 35.5 Å². The summed E-state index contributed by atoms with van der Waals surface area (Å²) in [5, 5.41) is 0.627. The smallest absolute Gasteiger partial charge is 0.259 e. The second-order valence-corrected chi connectivity index (χ2v) is 10.6. The fraction of sp³-hybridized carbons (Fsp3) is 0.370. The van der Waals surface area contributed by atoms with Gasteiger partial charge in [-0.25, -0.2) is 0 Å². The van der Waals surface area contributed by atoms with Crippen molar-refractivity contribution in [1.29, 1.82) is 0 Å². The third-order valence-corrected chi connectivity index (χ3v) is 8.84. The van der Waals surface area contributed by atoms with Crippen molar-refractivity contribution in [3.8, 4) is 0 Å². The lowest BCUT2D eigenvalue weighted by atomic mass is 9.63. The number of hydrogen-bond acceptors (Lipinski definition) is 3. The fourth-order valence-corrected chi connectivity index (χ4v) is 6.56. The van der Waals surface area contributed by atoms with Crippen molar-refractivity contribution >= 4 is 46.6 Å². The molecular formula is C27H24Cl2N2O3. The molecule has 4 aliphatic carbocycles. The van der Waals surface area contributed by atoms with E-state index in [1.807, 2.05) is 24.3 Å². The van der Waals surface area contributed by atoms with Gasteiger partial charge in [-0.15, -0.1) is 0 Å². The van der Waals surface area contributed by atoms with Crippen LogP contribution in [-0.4, -0.2) is 29.3 Å². The molecule has 2 bridgehead atoms. The molecule has 34 heavy (non-hydrogen) atoms. The summed E-state index contributed by atoms with van der Waals surface area (Å²) >= 11 is 12.2. The zero-order valence-corrected chi connectivity index (χ0v) is 20.2. The molecule has 1 saturated heterocycles. The summed E-state index contributed by atoms with van der Waals surface area (Å²) in [6.07, 6.45) is 6.28. The summed E-state index contributed by atoms with van der Waals surface area (Å²) in [7, 11) is 0. The van der Waals surface area contributed by atoms with Crippen molar-refractivity contribution in [1.82, 2.24) is 4.90 Å². The second kappa shape index (κ2) is 7.96. The van der Waals surface area contributed by atoms with Gasteiger partial charge in [-0.1, -0.05) is 54.4 Å². The number of imide groups is 1. The average molecular weight is 495 g/mol. The number of carbonyl (C=O) groups excluding carboxylic acids is 3. The number of allylic oxidation sites excluding steroid dienone is 2. The molecule has 0 N–H and O–H groups in total. The van der Waals surface area contributed by atoms with Crippen LogP contribution in [0.4, 0.5) is 5.69 Å². The first-order chi connectivity index (χ1) is 16.4. The van der Waals surface area contributed by atoms with E-state index in [1.165, 1.54) is 15.9 Å². The van der Waals surface area contributed by atoms with Gasteiger partial charge in [0, 0.05) is 11.3 Å². The van der Waals surface area contributed by atoms with Gasteiger partial charge in [0.05, 0.1) is 21.9 Å². The largest absolute Gasteiger partial charge is 0.290 e. The number of likely N-dealkylation sites (tertiary alicyclic amines) is 1. The second-order valence-electron chi connectivity index (χ2n) is 9.78. The molecule has 2 aromatic rings. The average Bonchev–Trinajstić information content (AvgIpc) is 3.64. The van der Waals surface area contributed by atoms with E-state index >= 15 is 0 Å². The summed E-state index contributed by atoms with van der Waals surface area (Å²) in [4.78, 5) is 43.5. The van der Waals surface area contributed by atoms with Gasteiger partial charge in [0.25, 0.3) is 5.91 Å². The lowest BCUT2D eigenvalue weighted by Crippen LogP contribution is -2.45. The van der Waals surface area contributed by atoms with Crippen LogP contribution >= 0.6 is 23.2 Å². The number of aryl methyl sites for hydroxylation is 1. The first-order valence-corrected chi connectivity index (χ1v) is 12.5. The first-order valence-electron chi connectivity index (χ1n) is 11.8. The molecule has 1 aliphatic heterocycles. The maximum absolute atomic E-state index is 13.6. The lowest BCUT2D eigenvalue weighted by molar-refractivity contribution is -0.140. The molecule has 3 fully saturated rings. The van der Waals surface area contributed by atoms with Gasteiger partial charge in [0.1, 0.15) is 6.67 Å². The Labute approximate surface area is 208 Å². The van der Waals surface area contributed by atoms with Crippen LogP contribution in [0.3, 0.4) is 0 Å². The van der Waals surface area contributed by atoms with E-state index in [4.69, 9.17) is 23.2 Å². The van der Waals surface area contributed by atoms with Crippen LogP contribution in [0.1, 0.15) is 29.3 Å². The number of rotatable bonds is 5.